The second-order valence-corrected chi connectivity index (χ2v) is 7.21. The molecule has 0 heterocycles. The van der Waals surface area contributed by atoms with Crippen LogP contribution in [-0.4, -0.2) is 14.5 Å². The van der Waals surface area contributed by atoms with Crippen molar-refractivity contribution in [2.45, 2.75) is 50.0 Å². The van der Waals surface area contributed by atoms with Gasteiger partial charge in [0.2, 0.25) is 10.0 Å². The number of sulfonamides is 1. The van der Waals surface area contributed by atoms with Crippen LogP contribution in [0.2, 0.25) is 5.02 Å². The molecule has 2 atom stereocenters. The average Bonchev–Trinajstić information content (AvgIpc) is 2.40. The maximum Gasteiger partial charge on any atom is 0.238 e. The van der Waals surface area contributed by atoms with Crippen LogP contribution >= 0.6 is 11.6 Å². The summed E-state index contributed by atoms with van der Waals surface area (Å²) in [4.78, 5) is 0.00513. The Morgan fingerprint density at radius 1 is 1.35 bits per heavy atom. The highest BCUT2D eigenvalue weighted by molar-refractivity contribution is 7.89. The Hall–Kier alpha value is -0.780. The standard InChI is InChI=1S/C14H20ClNO3S/c1-2-10-5-3-4-6-13(10)19-14-8-7-11(9-12(14)15)20(16,17)18/h7-10,13H,2-6H2,1H3,(H2,16,17,18). The normalized spacial score (nSPS) is 23.6. The Balaban J connectivity index is 2.17. The number of primary sulfonamides is 1. The smallest absolute Gasteiger partial charge is 0.238 e. The van der Waals surface area contributed by atoms with Crippen LogP contribution < -0.4 is 9.88 Å². The first kappa shape index (κ1) is 15.6. The molecule has 1 aliphatic carbocycles. The minimum absolute atomic E-state index is 0.00513. The van der Waals surface area contributed by atoms with E-state index in [0.717, 1.165) is 19.3 Å². The molecule has 0 aromatic heterocycles. The maximum atomic E-state index is 11.3. The largest absolute Gasteiger partial charge is 0.489 e. The molecule has 6 heteroatoms. The van der Waals surface area contributed by atoms with Gasteiger partial charge in [0.05, 0.1) is 9.92 Å². The van der Waals surface area contributed by atoms with E-state index in [1.54, 1.807) is 6.07 Å². The van der Waals surface area contributed by atoms with Gasteiger partial charge < -0.3 is 4.74 Å². The van der Waals surface area contributed by atoms with Gasteiger partial charge in [-0.3, -0.25) is 0 Å². The molecule has 2 unspecified atom stereocenters. The summed E-state index contributed by atoms with van der Waals surface area (Å²) in [6.45, 7) is 2.16. The summed E-state index contributed by atoms with van der Waals surface area (Å²) in [6.07, 6.45) is 5.84. The fourth-order valence-electron chi connectivity index (χ4n) is 2.71. The summed E-state index contributed by atoms with van der Waals surface area (Å²) in [5, 5.41) is 5.37. The summed E-state index contributed by atoms with van der Waals surface area (Å²) in [6, 6.07) is 4.36. The Labute approximate surface area is 125 Å². The van der Waals surface area contributed by atoms with E-state index in [1.165, 1.54) is 25.0 Å². The molecule has 2 rings (SSSR count). The van der Waals surface area contributed by atoms with Gasteiger partial charge >= 0.3 is 0 Å². The van der Waals surface area contributed by atoms with E-state index in [-0.39, 0.29) is 16.0 Å². The van der Waals surface area contributed by atoms with Crippen molar-refractivity contribution in [1.82, 2.24) is 0 Å². The third-order valence-corrected chi connectivity index (χ3v) is 5.08. The van der Waals surface area contributed by atoms with Crippen molar-refractivity contribution in [3.63, 3.8) is 0 Å². The van der Waals surface area contributed by atoms with Crippen LogP contribution in [0.3, 0.4) is 0 Å². The monoisotopic (exact) mass is 317 g/mol. The summed E-state index contributed by atoms with van der Waals surface area (Å²) in [5.41, 5.74) is 0. The van der Waals surface area contributed by atoms with E-state index in [0.29, 0.717) is 11.7 Å². The summed E-state index contributed by atoms with van der Waals surface area (Å²) >= 11 is 6.10. The number of hydrogen-bond acceptors (Lipinski definition) is 3. The second-order valence-electron chi connectivity index (χ2n) is 5.25. The molecule has 0 aliphatic heterocycles. The number of hydrogen-bond donors (Lipinski definition) is 1. The Morgan fingerprint density at radius 3 is 2.65 bits per heavy atom. The summed E-state index contributed by atoms with van der Waals surface area (Å²) in [5.74, 6) is 1.07. The van der Waals surface area contributed by atoms with Crippen LogP contribution in [0.15, 0.2) is 23.1 Å². The number of ether oxygens (including phenoxy) is 1. The lowest BCUT2D eigenvalue weighted by Crippen LogP contribution is -2.30. The predicted molar refractivity (Wildman–Crippen MR) is 79.5 cm³/mol. The Morgan fingerprint density at radius 2 is 2.05 bits per heavy atom. The first-order chi connectivity index (χ1) is 9.41. The van der Waals surface area contributed by atoms with Gasteiger partial charge in [-0.25, -0.2) is 13.6 Å². The highest BCUT2D eigenvalue weighted by atomic mass is 35.5. The molecule has 1 fully saturated rings. The van der Waals surface area contributed by atoms with Crippen LogP contribution in [0.5, 0.6) is 5.75 Å². The minimum atomic E-state index is -3.73. The SMILES string of the molecule is CCC1CCCCC1Oc1ccc(S(N)(=O)=O)cc1Cl. The molecular weight excluding hydrogens is 298 g/mol. The van der Waals surface area contributed by atoms with Gasteiger partial charge in [-0.2, -0.15) is 0 Å². The van der Waals surface area contributed by atoms with Gasteiger partial charge in [0, 0.05) is 0 Å². The first-order valence-electron chi connectivity index (χ1n) is 6.91. The van der Waals surface area contributed by atoms with Gasteiger partial charge in [0.1, 0.15) is 11.9 Å². The summed E-state index contributed by atoms with van der Waals surface area (Å²) < 4.78 is 28.5. The van der Waals surface area contributed by atoms with E-state index in [4.69, 9.17) is 21.5 Å². The molecule has 0 radical (unpaired) electrons. The van der Waals surface area contributed by atoms with Crippen molar-refractivity contribution in [1.29, 1.82) is 0 Å². The lowest BCUT2D eigenvalue weighted by molar-refractivity contribution is 0.0904. The number of benzene rings is 1. The maximum absolute atomic E-state index is 11.3. The molecule has 0 saturated heterocycles. The van der Waals surface area contributed by atoms with Crippen molar-refractivity contribution < 1.29 is 13.2 Å². The highest BCUT2D eigenvalue weighted by Gasteiger charge is 2.26. The van der Waals surface area contributed by atoms with Gasteiger partial charge in [0.15, 0.2) is 0 Å². The number of nitrogens with two attached hydrogens (primary N) is 1. The minimum Gasteiger partial charge on any atom is -0.489 e. The van der Waals surface area contributed by atoms with Gasteiger partial charge in [-0.1, -0.05) is 24.9 Å². The topological polar surface area (TPSA) is 69.4 Å². The molecule has 4 nitrogen and oxygen atoms in total. The van der Waals surface area contributed by atoms with Crippen molar-refractivity contribution >= 4 is 21.6 Å². The van der Waals surface area contributed by atoms with E-state index in [1.807, 2.05) is 0 Å². The lowest BCUT2D eigenvalue weighted by Gasteiger charge is -2.31. The third-order valence-electron chi connectivity index (χ3n) is 3.87. The van der Waals surface area contributed by atoms with Crippen LogP contribution in [0, 0.1) is 5.92 Å². The van der Waals surface area contributed by atoms with Crippen molar-refractivity contribution in [2.24, 2.45) is 11.1 Å². The molecule has 1 aliphatic rings. The van der Waals surface area contributed by atoms with E-state index < -0.39 is 10.0 Å². The van der Waals surface area contributed by atoms with Crippen LogP contribution in [0.25, 0.3) is 0 Å². The molecule has 112 valence electrons. The first-order valence-corrected chi connectivity index (χ1v) is 8.83. The van der Waals surface area contributed by atoms with E-state index in [9.17, 15) is 8.42 Å². The third kappa shape index (κ3) is 3.65. The van der Waals surface area contributed by atoms with E-state index in [2.05, 4.69) is 6.92 Å². The molecule has 2 N–H and O–H groups in total. The molecule has 1 aromatic carbocycles. The Bertz CT molecular complexity index is 574. The van der Waals surface area contributed by atoms with Gasteiger partial charge in [-0.05, 0) is 49.8 Å². The van der Waals surface area contributed by atoms with Crippen LogP contribution in [0.4, 0.5) is 0 Å². The zero-order chi connectivity index (χ0) is 14.8. The van der Waals surface area contributed by atoms with Crippen molar-refractivity contribution in [3.8, 4) is 5.75 Å². The molecular formula is C14H20ClNO3S. The summed E-state index contributed by atoms with van der Waals surface area (Å²) in [7, 11) is -3.73. The molecule has 0 spiro atoms. The zero-order valence-corrected chi connectivity index (χ0v) is 13.1. The van der Waals surface area contributed by atoms with Gasteiger partial charge in [-0.15, -0.1) is 0 Å². The lowest BCUT2D eigenvalue weighted by atomic mass is 9.85. The number of rotatable bonds is 4. The molecule has 1 aromatic rings. The molecule has 1 saturated carbocycles. The van der Waals surface area contributed by atoms with E-state index >= 15 is 0 Å². The number of halogens is 1. The van der Waals surface area contributed by atoms with Crippen LogP contribution in [-0.2, 0) is 10.0 Å². The van der Waals surface area contributed by atoms with Crippen LogP contribution in [0.1, 0.15) is 39.0 Å². The fraction of sp³-hybridized carbons (Fsp3) is 0.571. The highest BCUT2D eigenvalue weighted by Crippen LogP contribution is 2.34. The predicted octanol–water partition coefficient (Wildman–Crippen LogP) is 3.34. The van der Waals surface area contributed by atoms with Crippen molar-refractivity contribution in [2.75, 3.05) is 0 Å². The van der Waals surface area contributed by atoms with Crippen molar-refractivity contribution in [3.05, 3.63) is 23.2 Å². The quantitative estimate of drug-likeness (QED) is 0.926. The molecule has 20 heavy (non-hydrogen) atoms. The Kier molecular flexibility index (Phi) is 4.94. The van der Waals surface area contributed by atoms with Gasteiger partial charge in [0.25, 0.3) is 0 Å². The fourth-order valence-corrected chi connectivity index (χ4v) is 3.54. The second kappa shape index (κ2) is 6.33. The molecule has 0 bridgehead atoms. The average molecular weight is 318 g/mol. The molecule has 0 amide bonds. The zero-order valence-electron chi connectivity index (χ0n) is 11.5.